The maximum atomic E-state index is 13.5. The molecule has 20 heavy (non-hydrogen) atoms. The molecule has 1 fully saturated rings. The zero-order valence-electron chi connectivity index (χ0n) is 11.2. The number of pyridine rings is 1. The molecule has 3 rings (SSSR count). The van der Waals surface area contributed by atoms with E-state index in [4.69, 9.17) is 4.74 Å². The molecule has 0 atom stereocenters. The average Bonchev–Trinajstić information content (AvgIpc) is 3.29. The van der Waals surface area contributed by atoms with Crippen molar-refractivity contribution in [3.8, 4) is 5.88 Å². The fourth-order valence-corrected chi connectivity index (χ4v) is 1.99. The van der Waals surface area contributed by atoms with Gasteiger partial charge in [-0.1, -0.05) is 24.3 Å². The molecule has 2 aromatic rings. The van der Waals surface area contributed by atoms with E-state index in [1.165, 1.54) is 18.9 Å². The van der Waals surface area contributed by atoms with Crippen molar-refractivity contribution in [3.63, 3.8) is 0 Å². The highest BCUT2D eigenvalue weighted by Gasteiger charge is 2.20. The number of benzene rings is 1. The van der Waals surface area contributed by atoms with E-state index in [2.05, 4.69) is 10.3 Å². The first-order valence-electron chi connectivity index (χ1n) is 6.86. The molecule has 1 aromatic carbocycles. The van der Waals surface area contributed by atoms with Crippen molar-refractivity contribution in [2.75, 3.05) is 0 Å². The molecule has 0 saturated heterocycles. The van der Waals surface area contributed by atoms with Crippen molar-refractivity contribution in [3.05, 3.63) is 59.5 Å². The summed E-state index contributed by atoms with van der Waals surface area (Å²) in [6.45, 7) is 0.936. The van der Waals surface area contributed by atoms with Gasteiger partial charge in [-0.2, -0.15) is 0 Å². The Kier molecular flexibility index (Phi) is 3.92. The molecule has 1 aliphatic rings. The largest absolute Gasteiger partial charge is 0.472 e. The molecule has 1 saturated carbocycles. The Bertz CT molecular complexity index is 584. The normalized spacial score (nSPS) is 14.2. The maximum Gasteiger partial charge on any atom is 0.218 e. The zero-order valence-corrected chi connectivity index (χ0v) is 11.2. The van der Waals surface area contributed by atoms with Crippen LogP contribution in [-0.2, 0) is 13.2 Å². The van der Waals surface area contributed by atoms with Crippen molar-refractivity contribution in [2.45, 2.75) is 32.0 Å². The van der Waals surface area contributed by atoms with E-state index in [0.29, 0.717) is 17.5 Å². The fourth-order valence-electron chi connectivity index (χ4n) is 1.99. The highest BCUT2D eigenvalue weighted by atomic mass is 19.1. The third kappa shape index (κ3) is 3.33. The summed E-state index contributed by atoms with van der Waals surface area (Å²) in [6, 6.07) is 11.1. The highest BCUT2D eigenvalue weighted by molar-refractivity contribution is 5.26. The molecule has 104 valence electrons. The van der Waals surface area contributed by atoms with Crippen molar-refractivity contribution >= 4 is 0 Å². The number of halogens is 1. The average molecular weight is 272 g/mol. The molecule has 0 bridgehead atoms. The van der Waals surface area contributed by atoms with Gasteiger partial charge in [0.1, 0.15) is 12.4 Å². The molecular weight excluding hydrogens is 255 g/mol. The molecule has 3 nitrogen and oxygen atoms in total. The summed E-state index contributed by atoms with van der Waals surface area (Å²) in [5.74, 6) is 0.324. The molecule has 0 radical (unpaired) electrons. The van der Waals surface area contributed by atoms with Gasteiger partial charge in [-0.15, -0.1) is 0 Å². The molecular formula is C16H17FN2O. The van der Waals surface area contributed by atoms with Gasteiger partial charge < -0.3 is 10.1 Å². The first-order valence-corrected chi connectivity index (χ1v) is 6.86. The van der Waals surface area contributed by atoms with Crippen LogP contribution in [0.4, 0.5) is 4.39 Å². The Morgan fingerprint density at radius 3 is 2.75 bits per heavy atom. The summed E-state index contributed by atoms with van der Waals surface area (Å²) in [5, 5.41) is 3.43. The van der Waals surface area contributed by atoms with Crippen molar-refractivity contribution in [1.29, 1.82) is 0 Å². The topological polar surface area (TPSA) is 34.1 Å². The Morgan fingerprint density at radius 2 is 1.95 bits per heavy atom. The first kappa shape index (κ1) is 13.1. The summed E-state index contributed by atoms with van der Waals surface area (Å²) >= 11 is 0. The number of hydrogen-bond acceptors (Lipinski definition) is 3. The fraction of sp³-hybridized carbons (Fsp3) is 0.312. The monoisotopic (exact) mass is 272 g/mol. The second-order valence-corrected chi connectivity index (χ2v) is 5.00. The Morgan fingerprint density at radius 1 is 1.15 bits per heavy atom. The molecule has 4 heteroatoms. The SMILES string of the molecule is Fc1ccccc1COc1ncccc1CNC1CC1. The van der Waals surface area contributed by atoms with Crippen LogP contribution in [0.5, 0.6) is 5.88 Å². The summed E-state index contributed by atoms with van der Waals surface area (Å²) in [5.41, 5.74) is 1.55. The van der Waals surface area contributed by atoms with Crippen LogP contribution in [0.2, 0.25) is 0 Å². The molecule has 1 heterocycles. The standard InChI is InChI=1S/C16H17FN2O/c17-15-6-2-1-4-13(15)11-20-16-12(5-3-9-18-16)10-19-14-7-8-14/h1-6,9,14,19H,7-8,10-11H2. The zero-order chi connectivity index (χ0) is 13.8. The molecule has 0 unspecified atom stereocenters. The minimum atomic E-state index is -0.249. The number of nitrogens with zero attached hydrogens (tertiary/aromatic N) is 1. The third-order valence-electron chi connectivity index (χ3n) is 3.33. The summed E-state index contributed by atoms with van der Waals surface area (Å²) < 4.78 is 19.2. The van der Waals surface area contributed by atoms with Crippen LogP contribution in [0.15, 0.2) is 42.6 Å². The second-order valence-electron chi connectivity index (χ2n) is 5.00. The maximum absolute atomic E-state index is 13.5. The van der Waals surface area contributed by atoms with Gasteiger partial charge in [-0.25, -0.2) is 9.37 Å². The number of nitrogens with one attached hydrogen (secondary N) is 1. The van der Waals surface area contributed by atoms with Crippen molar-refractivity contribution in [2.24, 2.45) is 0 Å². The molecule has 0 spiro atoms. The smallest absolute Gasteiger partial charge is 0.218 e. The number of ether oxygens (including phenoxy) is 1. The lowest BCUT2D eigenvalue weighted by molar-refractivity contribution is 0.284. The van der Waals surface area contributed by atoms with E-state index in [1.807, 2.05) is 12.1 Å². The summed E-state index contributed by atoms with van der Waals surface area (Å²) in [6.07, 6.45) is 4.18. The molecule has 1 aliphatic carbocycles. The van der Waals surface area contributed by atoms with Gasteiger partial charge in [-0.3, -0.25) is 0 Å². The Balaban J connectivity index is 1.65. The lowest BCUT2D eigenvalue weighted by Gasteiger charge is -2.11. The van der Waals surface area contributed by atoms with Crippen LogP contribution >= 0.6 is 0 Å². The Labute approximate surface area is 117 Å². The summed E-state index contributed by atoms with van der Waals surface area (Å²) in [7, 11) is 0. The van der Waals surface area contributed by atoms with Crippen molar-refractivity contribution in [1.82, 2.24) is 10.3 Å². The predicted molar refractivity (Wildman–Crippen MR) is 74.8 cm³/mol. The molecule has 0 amide bonds. The molecule has 1 aromatic heterocycles. The van der Waals surface area contributed by atoms with Gasteiger partial charge in [0.25, 0.3) is 0 Å². The number of aromatic nitrogens is 1. The van der Waals surface area contributed by atoms with Crippen molar-refractivity contribution < 1.29 is 9.13 Å². The lowest BCUT2D eigenvalue weighted by Crippen LogP contribution is -2.16. The summed E-state index contributed by atoms with van der Waals surface area (Å²) in [4.78, 5) is 4.24. The predicted octanol–water partition coefficient (Wildman–Crippen LogP) is 3.05. The highest BCUT2D eigenvalue weighted by Crippen LogP contribution is 2.22. The van der Waals surface area contributed by atoms with E-state index < -0.39 is 0 Å². The molecule has 0 aliphatic heterocycles. The third-order valence-corrected chi connectivity index (χ3v) is 3.33. The van der Waals surface area contributed by atoms with E-state index in [1.54, 1.807) is 24.4 Å². The van der Waals surface area contributed by atoms with Gasteiger partial charge in [0.05, 0.1) is 0 Å². The van der Waals surface area contributed by atoms with Gasteiger partial charge in [0.15, 0.2) is 0 Å². The Hall–Kier alpha value is -1.94. The van der Waals surface area contributed by atoms with Crippen LogP contribution in [0.1, 0.15) is 24.0 Å². The van der Waals surface area contributed by atoms with Gasteiger partial charge in [0, 0.05) is 29.9 Å². The van der Waals surface area contributed by atoms with Gasteiger partial charge >= 0.3 is 0 Å². The van der Waals surface area contributed by atoms with Crippen LogP contribution in [-0.4, -0.2) is 11.0 Å². The van der Waals surface area contributed by atoms with Crippen LogP contribution in [0, 0.1) is 5.82 Å². The number of rotatable bonds is 6. The van der Waals surface area contributed by atoms with E-state index in [0.717, 1.165) is 12.1 Å². The lowest BCUT2D eigenvalue weighted by atomic mass is 10.2. The van der Waals surface area contributed by atoms with Gasteiger partial charge in [-0.05, 0) is 25.0 Å². The van der Waals surface area contributed by atoms with Gasteiger partial charge in [0.2, 0.25) is 5.88 Å². The first-order chi connectivity index (χ1) is 9.83. The second kappa shape index (κ2) is 6.01. The minimum absolute atomic E-state index is 0.195. The number of hydrogen-bond donors (Lipinski definition) is 1. The van der Waals surface area contributed by atoms with E-state index in [-0.39, 0.29) is 12.4 Å². The van der Waals surface area contributed by atoms with E-state index >= 15 is 0 Å². The van der Waals surface area contributed by atoms with Crippen LogP contribution in [0.3, 0.4) is 0 Å². The van der Waals surface area contributed by atoms with Crippen LogP contribution < -0.4 is 10.1 Å². The quantitative estimate of drug-likeness (QED) is 0.877. The van der Waals surface area contributed by atoms with E-state index in [9.17, 15) is 4.39 Å². The van der Waals surface area contributed by atoms with Crippen LogP contribution in [0.25, 0.3) is 0 Å². The minimum Gasteiger partial charge on any atom is -0.472 e. The molecule has 1 N–H and O–H groups in total.